The first-order valence-corrected chi connectivity index (χ1v) is 6.43. The van der Waals surface area contributed by atoms with E-state index in [0.29, 0.717) is 12.5 Å². The molecule has 0 bridgehead atoms. The van der Waals surface area contributed by atoms with Crippen molar-refractivity contribution < 1.29 is 9.90 Å². The molecule has 1 rings (SSSR count). The van der Waals surface area contributed by atoms with Crippen LogP contribution in [0.4, 0.5) is 0 Å². The number of carboxylic acids is 1. The lowest BCUT2D eigenvalue weighted by atomic mass is 10.1. The maximum atomic E-state index is 10.6. The van der Waals surface area contributed by atoms with Crippen molar-refractivity contribution >= 4 is 5.97 Å². The van der Waals surface area contributed by atoms with Crippen LogP contribution in [-0.2, 0) is 17.8 Å². The summed E-state index contributed by atoms with van der Waals surface area (Å²) >= 11 is 0. The third-order valence-electron chi connectivity index (χ3n) is 3.01. The number of rotatable bonds is 7. The van der Waals surface area contributed by atoms with E-state index in [1.165, 1.54) is 0 Å². The Bertz CT molecular complexity index is 446. The predicted molar refractivity (Wildman–Crippen MR) is 73.6 cm³/mol. The molecule has 102 valence electrons. The number of hydrogen-bond donors (Lipinski definition) is 1. The number of carbonyl (C=O) groups is 1. The summed E-state index contributed by atoms with van der Waals surface area (Å²) < 4.78 is 0. The minimum Gasteiger partial charge on any atom is -0.481 e. The van der Waals surface area contributed by atoms with Gasteiger partial charge in [-0.15, -0.1) is 0 Å². The lowest BCUT2D eigenvalue weighted by molar-refractivity contribution is -0.136. The average molecular weight is 260 g/mol. The van der Waals surface area contributed by atoms with Crippen molar-refractivity contribution in [1.29, 1.82) is 5.26 Å². The summed E-state index contributed by atoms with van der Waals surface area (Å²) in [5.41, 5.74) is 1.95. The minimum atomic E-state index is -0.814. The van der Waals surface area contributed by atoms with Crippen LogP contribution in [0.5, 0.6) is 0 Å². The van der Waals surface area contributed by atoms with Crippen LogP contribution < -0.4 is 0 Å². The highest BCUT2D eigenvalue weighted by molar-refractivity contribution is 5.70. The van der Waals surface area contributed by atoms with Gasteiger partial charge >= 0.3 is 5.97 Å². The number of nitriles is 1. The number of carboxylic acid groups (broad SMARTS) is 1. The topological polar surface area (TPSA) is 64.3 Å². The Hall–Kier alpha value is -1.86. The molecule has 4 nitrogen and oxygen atoms in total. The zero-order valence-electron chi connectivity index (χ0n) is 11.5. The van der Waals surface area contributed by atoms with Crippen molar-refractivity contribution in [2.75, 3.05) is 6.54 Å². The Morgan fingerprint density at radius 3 is 2.37 bits per heavy atom. The second-order valence-corrected chi connectivity index (χ2v) is 4.86. The standard InChI is InChI=1S/C15H20N2O2/c1-12(2)17(9-3-8-16)11-14-6-4-13(5-7-14)10-15(18)19/h4-7,12H,3,9-11H2,1-2H3,(H,18,19). The second-order valence-electron chi connectivity index (χ2n) is 4.86. The van der Waals surface area contributed by atoms with Gasteiger partial charge in [-0.1, -0.05) is 24.3 Å². The molecule has 0 fully saturated rings. The zero-order chi connectivity index (χ0) is 14.3. The van der Waals surface area contributed by atoms with Crippen molar-refractivity contribution in [3.8, 4) is 6.07 Å². The van der Waals surface area contributed by atoms with E-state index in [2.05, 4.69) is 24.8 Å². The van der Waals surface area contributed by atoms with Gasteiger partial charge in [-0.05, 0) is 25.0 Å². The van der Waals surface area contributed by atoms with Gasteiger partial charge in [0.05, 0.1) is 12.5 Å². The fraction of sp³-hybridized carbons (Fsp3) is 0.467. The van der Waals surface area contributed by atoms with Crippen LogP contribution in [0.1, 0.15) is 31.4 Å². The molecule has 0 saturated heterocycles. The molecule has 0 heterocycles. The zero-order valence-corrected chi connectivity index (χ0v) is 11.5. The van der Waals surface area contributed by atoms with Gasteiger partial charge in [-0.3, -0.25) is 9.69 Å². The molecular weight excluding hydrogens is 240 g/mol. The van der Waals surface area contributed by atoms with Crippen molar-refractivity contribution in [2.45, 2.75) is 39.3 Å². The van der Waals surface area contributed by atoms with Gasteiger partial charge in [0, 0.05) is 25.6 Å². The van der Waals surface area contributed by atoms with Crippen LogP contribution in [0.15, 0.2) is 24.3 Å². The summed E-state index contributed by atoms with van der Waals surface area (Å²) in [5.74, 6) is -0.814. The largest absolute Gasteiger partial charge is 0.481 e. The molecule has 0 atom stereocenters. The van der Waals surface area contributed by atoms with E-state index >= 15 is 0 Å². The van der Waals surface area contributed by atoms with Gasteiger partial charge < -0.3 is 5.11 Å². The van der Waals surface area contributed by atoms with Crippen molar-refractivity contribution in [3.63, 3.8) is 0 Å². The Morgan fingerprint density at radius 2 is 1.89 bits per heavy atom. The molecule has 1 aromatic carbocycles. The summed E-state index contributed by atoms with van der Waals surface area (Å²) in [6, 6.07) is 10.2. The van der Waals surface area contributed by atoms with Crippen LogP contribution in [0.2, 0.25) is 0 Å². The van der Waals surface area contributed by atoms with E-state index in [4.69, 9.17) is 10.4 Å². The van der Waals surface area contributed by atoms with Crippen LogP contribution in [0.3, 0.4) is 0 Å². The van der Waals surface area contributed by atoms with E-state index in [1.54, 1.807) is 0 Å². The second kappa shape index (κ2) is 7.55. The molecule has 19 heavy (non-hydrogen) atoms. The average Bonchev–Trinajstić information content (AvgIpc) is 2.35. The monoisotopic (exact) mass is 260 g/mol. The molecule has 0 radical (unpaired) electrons. The number of benzene rings is 1. The third-order valence-corrected chi connectivity index (χ3v) is 3.01. The minimum absolute atomic E-state index is 0.0581. The molecule has 0 aromatic heterocycles. The van der Waals surface area contributed by atoms with E-state index in [0.717, 1.165) is 24.2 Å². The Morgan fingerprint density at radius 1 is 1.32 bits per heavy atom. The molecular formula is C15H20N2O2. The summed E-state index contributed by atoms with van der Waals surface area (Å²) in [4.78, 5) is 12.8. The van der Waals surface area contributed by atoms with Gasteiger partial charge in [-0.25, -0.2) is 0 Å². The normalized spacial score (nSPS) is 10.7. The number of aliphatic carboxylic acids is 1. The first-order valence-electron chi connectivity index (χ1n) is 6.43. The van der Waals surface area contributed by atoms with Gasteiger partial charge in [0.15, 0.2) is 0 Å². The van der Waals surface area contributed by atoms with Gasteiger partial charge in [0.2, 0.25) is 0 Å². The fourth-order valence-electron chi connectivity index (χ4n) is 1.89. The fourth-order valence-corrected chi connectivity index (χ4v) is 1.89. The highest BCUT2D eigenvalue weighted by Crippen LogP contribution is 2.11. The number of hydrogen-bond acceptors (Lipinski definition) is 3. The van der Waals surface area contributed by atoms with Gasteiger partial charge in [-0.2, -0.15) is 5.26 Å². The van der Waals surface area contributed by atoms with Gasteiger partial charge in [0.1, 0.15) is 0 Å². The summed E-state index contributed by atoms with van der Waals surface area (Å²) in [5, 5.41) is 17.4. The van der Waals surface area contributed by atoms with E-state index in [1.807, 2.05) is 24.3 Å². The Kier molecular flexibility index (Phi) is 6.04. The molecule has 4 heteroatoms. The van der Waals surface area contributed by atoms with Crippen molar-refractivity contribution in [1.82, 2.24) is 4.90 Å². The summed E-state index contributed by atoms with van der Waals surface area (Å²) in [6.45, 7) is 5.75. The molecule has 0 aliphatic carbocycles. The summed E-state index contributed by atoms with van der Waals surface area (Å²) in [6.07, 6.45) is 0.581. The highest BCUT2D eigenvalue weighted by Gasteiger charge is 2.10. The smallest absolute Gasteiger partial charge is 0.307 e. The van der Waals surface area contributed by atoms with Crippen LogP contribution in [-0.4, -0.2) is 28.6 Å². The Balaban J connectivity index is 2.64. The first kappa shape index (κ1) is 15.2. The molecule has 0 aliphatic rings. The Labute approximate surface area is 114 Å². The van der Waals surface area contributed by atoms with Crippen LogP contribution in [0, 0.1) is 11.3 Å². The predicted octanol–water partition coefficient (Wildman–Crippen LogP) is 2.44. The lowest BCUT2D eigenvalue weighted by Crippen LogP contribution is -2.31. The summed E-state index contributed by atoms with van der Waals surface area (Å²) in [7, 11) is 0. The van der Waals surface area contributed by atoms with Gasteiger partial charge in [0.25, 0.3) is 0 Å². The third kappa shape index (κ3) is 5.54. The van der Waals surface area contributed by atoms with Crippen LogP contribution in [0.25, 0.3) is 0 Å². The van der Waals surface area contributed by atoms with Crippen molar-refractivity contribution in [3.05, 3.63) is 35.4 Å². The number of nitrogens with zero attached hydrogens (tertiary/aromatic N) is 2. The maximum Gasteiger partial charge on any atom is 0.307 e. The molecule has 0 unspecified atom stereocenters. The van der Waals surface area contributed by atoms with E-state index in [9.17, 15) is 4.79 Å². The van der Waals surface area contributed by atoms with Crippen LogP contribution >= 0.6 is 0 Å². The molecule has 0 saturated carbocycles. The maximum absolute atomic E-state index is 10.6. The molecule has 0 spiro atoms. The highest BCUT2D eigenvalue weighted by atomic mass is 16.4. The van der Waals surface area contributed by atoms with E-state index in [-0.39, 0.29) is 6.42 Å². The molecule has 0 aliphatic heterocycles. The molecule has 1 aromatic rings. The quantitative estimate of drug-likeness (QED) is 0.817. The lowest BCUT2D eigenvalue weighted by Gasteiger charge is -2.25. The first-order chi connectivity index (χ1) is 9.02. The molecule has 0 amide bonds. The van der Waals surface area contributed by atoms with E-state index < -0.39 is 5.97 Å². The van der Waals surface area contributed by atoms with Crippen molar-refractivity contribution in [2.24, 2.45) is 0 Å². The SMILES string of the molecule is CC(C)N(CCC#N)Cc1ccc(CC(=O)O)cc1. The molecule has 1 N–H and O–H groups in total.